The smallest absolute Gasteiger partial charge is 0.258 e. The number of hydrogen-bond acceptors (Lipinski definition) is 4. The molecule has 24 heavy (non-hydrogen) atoms. The van der Waals surface area contributed by atoms with E-state index in [-0.39, 0.29) is 5.56 Å². The van der Waals surface area contributed by atoms with Crippen LogP contribution in [0.1, 0.15) is 21.7 Å². The van der Waals surface area contributed by atoms with Crippen molar-refractivity contribution in [3.8, 4) is 0 Å². The molecule has 2 N–H and O–H groups in total. The Kier molecular flexibility index (Phi) is 4.76. The van der Waals surface area contributed by atoms with Gasteiger partial charge in [0.2, 0.25) is 0 Å². The first-order valence-corrected chi connectivity index (χ1v) is 7.69. The summed E-state index contributed by atoms with van der Waals surface area (Å²) in [4.78, 5) is 12.2. The first kappa shape index (κ1) is 16.0. The molecule has 3 aromatic rings. The Morgan fingerprint density at radius 1 is 1.21 bits per heavy atom. The molecule has 0 aliphatic carbocycles. The molecule has 0 fully saturated rings. The summed E-state index contributed by atoms with van der Waals surface area (Å²) in [5, 5.41) is 16.1. The third-order valence-corrected chi connectivity index (χ3v) is 3.60. The minimum Gasteiger partial charge on any atom is -0.322 e. The van der Waals surface area contributed by atoms with E-state index in [4.69, 9.17) is 0 Å². The molecule has 0 atom stereocenters. The summed E-state index contributed by atoms with van der Waals surface area (Å²) < 4.78 is 14.4. The molecule has 3 rings (SSSR count). The Balaban J connectivity index is 1.77. The highest BCUT2D eigenvalue weighted by Crippen LogP contribution is 2.18. The lowest BCUT2D eigenvalue weighted by Gasteiger charge is -2.07. The molecule has 0 radical (unpaired) electrons. The first-order valence-electron chi connectivity index (χ1n) is 6.90. The van der Waals surface area contributed by atoms with Crippen LogP contribution in [0.15, 0.2) is 46.9 Å². The molecule has 1 amide bonds. The Hall–Kier alpha value is -2.87. The van der Waals surface area contributed by atoms with E-state index in [2.05, 4.69) is 41.9 Å². The van der Waals surface area contributed by atoms with Gasteiger partial charge in [0.1, 0.15) is 5.82 Å². The monoisotopic (exact) mass is 387 g/mol. The third-order valence-electron chi connectivity index (χ3n) is 3.10. The van der Waals surface area contributed by atoms with Crippen LogP contribution in [0.2, 0.25) is 0 Å². The zero-order chi connectivity index (χ0) is 16.9. The number of aromatic nitrogens is 4. The molecular formula is C16H11BrFN5O. The maximum atomic E-state index is 13.8. The van der Waals surface area contributed by atoms with Crippen LogP contribution >= 0.6 is 15.9 Å². The molecule has 0 unspecified atom stereocenters. The summed E-state index contributed by atoms with van der Waals surface area (Å²) in [7, 11) is 0. The van der Waals surface area contributed by atoms with Gasteiger partial charge in [0, 0.05) is 10.2 Å². The highest BCUT2D eigenvalue weighted by molar-refractivity contribution is 9.10. The van der Waals surface area contributed by atoms with E-state index in [1.807, 2.05) is 6.07 Å². The molecule has 1 heterocycles. The summed E-state index contributed by atoms with van der Waals surface area (Å²) in [6.07, 6.45) is 3.46. The molecule has 0 spiro atoms. The maximum Gasteiger partial charge on any atom is 0.258 e. The largest absolute Gasteiger partial charge is 0.322 e. The van der Waals surface area contributed by atoms with E-state index in [0.717, 1.165) is 5.56 Å². The Morgan fingerprint density at radius 2 is 2.08 bits per heavy atom. The van der Waals surface area contributed by atoms with Gasteiger partial charge in [-0.2, -0.15) is 5.21 Å². The summed E-state index contributed by atoms with van der Waals surface area (Å²) in [5.74, 6) is -0.655. The fourth-order valence-corrected chi connectivity index (χ4v) is 2.36. The van der Waals surface area contributed by atoms with E-state index in [9.17, 15) is 9.18 Å². The van der Waals surface area contributed by atoms with E-state index in [1.165, 1.54) is 18.2 Å². The van der Waals surface area contributed by atoms with Crippen LogP contribution < -0.4 is 5.32 Å². The lowest BCUT2D eigenvalue weighted by atomic mass is 10.1. The van der Waals surface area contributed by atoms with Crippen molar-refractivity contribution in [2.45, 2.75) is 0 Å². The molecule has 0 saturated heterocycles. The Morgan fingerprint density at radius 3 is 2.88 bits per heavy atom. The number of carbonyl (C=O) groups is 1. The van der Waals surface area contributed by atoms with Crippen molar-refractivity contribution in [2.75, 3.05) is 5.32 Å². The van der Waals surface area contributed by atoms with Gasteiger partial charge in [-0.25, -0.2) is 4.39 Å². The lowest BCUT2D eigenvalue weighted by Crippen LogP contribution is -2.13. The van der Waals surface area contributed by atoms with E-state index in [1.54, 1.807) is 30.4 Å². The standard InChI is InChI=1S/C16H11BrFN5O/c17-11-5-6-14(18)13(9-11)16(24)19-12-3-1-2-10(8-12)4-7-15-20-22-23-21-15/h1-9H,(H,19,24)(H,20,21,22,23). The second-order valence-electron chi connectivity index (χ2n) is 4.81. The van der Waals surface area contributed by atoms with Gasteiger partial charge in [0.05, 0.1) is 5.56 Å². The molecule has 1 aromatic heterocycles. The van der Waals surface area contributed by atoms with Crippen LogP contribution in [0.4, 0.5) is 10.1 Å². The maximum absolute atomic E-state index is 13.8. The van der Waals surface area contributed by atoms with Crippen molar-refractivity contribution >= 4 is 39.7 Å². The molecule has 8 heteroatoms. The number of nitrogens with one attached hydrogen (secondary N) is 2. The highest BCUT2D eigenvalue weighted by Gasteiger charge is 2.12. The van der Waals surface area contributed by atoms with Crippen LogP contribution in [0.3, 0.4) is 0 Å². The van der Waals surface area contributed by atoms with Crippen LogP contribution in [-0.4, -0.2) is 26.5 Å². The predicted octanol–water partition coefficient (Wildman–Crippen LogP) is 3.52. The average molecular weight is 388 g/mol. The molecule has 2 aromatic carbocycles. The molecule has 6 nitrogen and oxygen atoms in total. The number of carbonyl (C=O) groups excluding carboxylic acids is 1. The minimum atomic E-state index is -0.580. The van der Waals surface area contributed by atoms with Crippen LogP contribution in [0.5, 0.6) is 0 Å². The number of aromatic amines is 1. The molecule has 0 aliphatic heterocycles. The zero-order valence-corrected chi connectivity index (χ0v) is 13.8. The zero-order valence-electron chi connectivity index (χ0n) is 12.2. The van der Waals surface area contributed by atoms with Crippen LogP contribution in [0, 0.1) is 5.82 Å². The van der Waals surface area contributed by atoms with Crippen molar-refractivity contribution in [3.05, 3.63) is 69.7 Å². The molecule has 120 valence electrons. The van der Waals surface area contributed by atoms with Crippen molar-refractivity contribution in [1.29, 1.82) is 0 Å². The first-order chi connectivity index (χ1) is 11.6. The van der Waals surface area contributed by atoms with Crippen molar-refractivity contribution in [3.63, 3.8) is 0 Å². The SMILES string of the molecule is O=C(Nc1cccc(C=Cc2nn[nH]n2)c1)c1cc(Br)ccc1F. The van der Waals surface area contributed by atoms with Gasteiger partial charge in [-0.1, -0.05) is 34.1 Å². The Bertz CT molecular complexity index is 895. The summed E-state index contributed by atoms with van der Waals surface area (Å²) >= 11 is 3.23. The number of nitrogens with zero attached hydrogens (tertiary/aromatic N) is 3. The van der Waals surface area contributed by atoms with Gasteiger partial charge in [0.15, 0.2) is 5.82 Å². The minimum absolute atomic E-state index is 0.0304. The summed E-state index contributed by atoms with van der Waals surface area (Å²) in [6, 6.07) is 11.3. The molecular weight excluding hydrogens is 377 g/mol. The number of hydrogen-bond donors (Lipinski definition) is 2. The van der Waals surface area contributed by atoms with Gasteiger partial charge in [-0.15, -0.1) is 10.2 Å². The number of rotatable bonds is 4. The van der Waals surface area contributed by atoms with Crippen LogP contribution in [-0.2, 0) is 0 Å². The summed E-state index contributed by atoms with van der Waals surface area (Å²) in [6.45, 7) is 0. The van der Waals surface area contributed by atoms with Gasteiger partial charge in [-0.3, -0.25) is 4.79 Å². The number of halogens is 2. The number of tetrazole rings is 1. The second-order valence-corrected chi connectivity index (χ2v) is 5.72. The van der Waals surface area contributed by atoms with E-state index in [0.29, 0.717) is 16.0 Å². The van der Waals surface area contributed by atoms with Crippen molar-refractivity contribution in [2.24, 2.45) is 0 Å². The van der Waals surface area contributed by atoms with Gasteiger partial charge < -0.3 is 5.32 Å². The second kappa shape index (κ2) is 7.14. The third kappa shape index (κ3) is 3.90. The van der Waals surface area contributed by atoms with E-state index < -0.39 is 11.7 Å². The number of H-pyrrole nitrogens is 1. The van der Waals surface area contributed by atoms with E-state index >= 15 is 0 Å². The molecule has 0 saturated carbocycles. The fourth-order valence-electron chi connectivity index (χ4n) is 2.00. The normalized spacial score (nSPS) is 10.9. The molecule has 0 aliphatic rings. The fraction of sp³-hybridized carbons (Fsp3) is 0. The number of anilines is 1. The molecule has 0 bridgehead atoms. The van der Waals surface area contributed by atoms with Crippen molar-refractivity contribution in [1.82, 2.24) is 20.6 Å². The van der Waals surface area contributed by atoms with Gasteiger partial charge in [-0.05, 0) is 47.2 Å². The predicted molar refractivity (Wildman–Crippen MR) is 91.6 cm³/mol. The van der Waals surface area contributed by atoms with Crippen molar-refractivity contribution < 1.29 is 9.18 Å². The van der Waals surface area contributed by atoms with Gasteiger partial charge in [0.25, 0.3) is 5.91 Å². The number of benzene rings is 2. The quantitative estimate of drug-likeness (QED) is 0.717. The lowest BCUT2D eigenvalue weighted by molar-refractivity contribution is 0.102. The average Bonchev–Trinajstić information content (AvgIpc) is 3.09. The highest BCUT2D eigenvalue weighted by atomic mass is 79.9. The topological polar surface area (TPSA) is 83.6 Å². The van der Waals surface area contributed by atoms with Crippen LogP contribution in [0.25, 0.3) is 12.2 Å². The Labute approximate surface area is 144 Å². The van der Waals surface area contributed by atoms with Gasteiger partial charge >= 0.3 is 0 Å². The number of amides is 1. The summed E-state index contributed by atoms with van der Waals surface area (Å²) in [5.41, 5.74) is 1.35.